The van der Waals surface area contributed by atoms with E-state index in [1.807, 2.05) is 0 Å². The number of rotatable bonds is 0. The Morgan fingerprint density at radius 3 is 1.33 bits per heavy atom. The van der Waals surface area contributed by atoms with Gasteiger partial charge in [0.05, 0.1) is 0 Å². The van der Waals surface area contributed by atoms with E-state index in [2.05, 4.69) is 0 Å². The Morgan fingerprint density at radius 2 is 1.33 bits per heavy atom. The molecule has 0 saturated carbocycles. The van der Waals surface area contributed by atoms with Crippen LogP contribution in [0.4, 0.5) is 0 Å². The fourth-order valence-electron chi connectivity index (χ4n) is 0. The molecule has 0 fully saturated rings. The molecule has 4 nitrogen and oxygen atoms in total. The first-order chi connectivity index (χ1) is 2.00. The maximum atomic E-state index is 8.55. The summed E-state index contributed by atoms with van der Waals surface area (Å²) in [5, 5.41) is 0. The van der Waals surface area contributed by atoms with Crippen LogP contribution in [0.3, 0.4) is 0 Å². The molecule has 0 aromatic rings. The Morgan fingerprint density at radius 1 is 1.33 bits per heavy atom. The van der Waals surface area contributed by atoms with Crippen molar-refractivity contribution in [2.24, 2.45) is 0 Å². The molecule has 32 valence electrons. The van der Waals surface area contributed by atoms with Gasteiger partial charge in [-0.1, -0.05) is 0 Å². The predicted octanol–water partition coefficient (Wildman–Crippen LogP) is -2.71. The van der Waals surface area contributed by atoms with Gasteiger partial charge in [-0.15, -0.1) is 0 Å². The maximum Gasteiger partial charge on any atom is 3.00 e. The van der Waals surface area contributed by atoms with E-state index < -0.39 is 7.82 Å². The first-order valence-electron chi connectivity index (χ1n) is 0.730. The normalized spacial score (nSPS) is 9.83. The van der Waals surface area contributed by atoms with Gasteiger partial charge in [-0.3, -0.25) is 0 Å². The minimum Gasteiger partial charge on any atom is -0.822 e. The Kier molecular flexibility index (Phi) is 6.05. The van der Waals surface area contributed by atoms with Gasteiger partial charge in [0.25, 0.3) is 0 Å². The van der Waals surface area contributed by atoms with E-state index in [1.165, 1.54) is 0 Å². The van der Waals surface area contributed by atoms with Crippen molar-refractivity contribution in [3.63, 3.8) is 0 Å². The average molecular weight is 237 g/mol. The summed E-state index contributed by atoms with van der Waals surface area (Å²) in [6.45, 7) is 0. The monoisotopic (exact) mass is 237 g/mol. The summed E-state index contributed by atoms with van der Waals surface area (Å²) in [5.41, 5.74) is 0. The van der Waals surface area contributed by atoms with Gasteiger partial charge in [-0.25, -0.2) is 0 Å². The fourth-order valence-corrected chi connectivity index (χ4v) is 0. The summed E-state index contributed by atoms with van der Waals surface area (Å²) in [5.74, 6) is 0. The van der Waals surface area contributed by atoms with Gasteiger partial charge in [-0.2, -0.15) is 7.82 Å². The Bertz CT molecular complexity index is 57.8. The molecule has 0 atom stereocenters. The standard InChI is InChI=1S/H3O4P.Pr/c1-5(2,3)4;/h(H3,1,2,3,4);/q;+3/p-2. The molecule has 0 aromatic heterocycles. The van der Waals surface area contributed by atoms with Crippen LogP contribution in [0.25, 0.3) is 0 Å². The van der Waals surface area contributed by atoms with Crippen molar-refractivity contribution in [3.05, 3.63) is 0 Å². The van der Waals surface area contributed by atoms with E-state index in [9.17, 15) is 0 Å². The van der Waals surface area contributed by atoms with E-state index in [-0.39, 0.29) is 42.7 Å². The van der Waals surface area contributed by atoms with E-state index in [4.69, 9.17) is 19.2 Å². The smallest absolute Gasteiger partial charge is 0.822 e. The van der Waals surface area contributed by atoms with E-state index in [0.29, 0.717) is 0 Å². The van der Waals surface area contributed by atoms with Crippen molar-refractivity contribution in [1.29, 1.82) is 0 Å². The van der Waals surface area contributed by atoms with Crippen LogP contribution in [0.2, 0.25) is 0 Å². The van der Waals surface area contributed by atoms with Crippen molar-refractivity contribution >= 4 is 7.82 Å². The van der Waals surface area contributed by atoms with Crippen LogP contribution >= 0.6 is 7.82 Å². The Hall–Kier alpha value is 1.47. The van der Waals surface area contributed by atoms with Crippen molar-refractivity contribution in [1.82, 2.24) is 0 Å². The van der Waals surface area contributed by atoms with Gasteiger partial charge >= 0.3 is 42.7 Å². The van der Waals surface area contributed by atoms with Crippen LogP contribution in [0.1, 0.15) is 1.43 Å². The average Bonchev–Trinajstić information content (AvgIpc) is 0.722. The predicted molar refractivity (Wildman–Crippen MR) is 8.72 cm³/mol. The summed E-state index contributed by atoms with van der Waals surface area (Å²) >= 11 is 0. The zero-order chi connectivity index (χ0) is 4.50. The molecule has 0 radical (unpaired) electrons. The number of hydrogen-bond acceptors (Lipinski definition) is 4. The van der Waals surface area contributed by atoms with Crippen LogP contribution in [0, 0.1) is 41.3 Å². The third kappa shape index (κ3) is 50.4. The van der Waals surface area contributed by atoms with Gasteiger partial charge < -0.3 is 19.2 Å². The second kappa shape index (κ2) is 3.47. The molecule has 0 aliphatic carbocycles. The van der Waals surface area contributed by atoms with Gasteiger partial charge in [-0.05, 0) is 0 Å². The molecule has 0 saturated heterocycles. The first-order valence-corrected chi connectivity index (χ1v) is 2.19. The van der Waals surface area contributed by atoms with Crippen LogP contribution < -0.4 is 14.7 Å². The van der Waals surface area contributed by atoms with Gasteiger partial charge in [0.15, 0.2) is 0 Å². The molecule has 0 rings (SSSR count). The zero-order valence-corrected chi connectivity index (χ0v) is 7.26. The number of phosphoric acid groups is 1. The topological polar surface area (TPSA) is 86.2 Å². The van der Waals surface area contributed by atoms with Crippen LogP contribution in [0.5, 0.6) is 0 Å². The maximum absolute atomic E-state index is 8.55. The summed E-state index contributed by atoms with van der Waals surface area (Å²) < 4.78 is 8.55. The van der Waals surface area contributed by atoms with E-state index >= 15 is 0 Å². The first kappa shape index (κ1) is 10.5. The summed E-state index contributed by atoms with van der Waals surface area (Å²) in [4.78, 5) is 25.6. The quantitative estimate of drug-likeness (QED) is 0.428. The number of hydrogen-bond donors (Lipinski definition) is 0. The molecule has 0 unspecified atom stereocenters. The second-order valence-electron chi connectivity index (χ2n) is 0.447. The molecular formula is HO4PPr+. The van der Waals surface area contributed by atoms with Crippen molar-refractivity contribution in [3.8, 4) is 0 Å². The molecule has 0 heterocycles. The molecular weight excluding hydrogens is 236 g/mol. The summed E-state index contributed by atoms with van der Waals surface area (Å²) in [6.07, 6.45) is 0. The fraction of sp³-hybridized carbons (Fsp3) is 0. The molecule has 0 bridgehead atoms. The SMILES string of the molecule is O=P([O-])([O-])[O-].[H+].[Pr+3]. The van der Waals surface area contributed by atoms with Gasteiger partial charge in [0, 0.05) is 0 Å². The largest absolute Gasteiger partial charge is 3.00 e. The van der Waals surface area contributed by atoms with Crippen molar-refractivity contribution in [2.75, 3.05) is 0 Å². The molecule has 0 aromatic carbocycles. The van der Waals surface area contributed by atoms with Crippen LogP contribution in [0.15, 0.2) is 0 Å². The molecule has 0 N–H and O–H groups in total. The molecule has 0 aliphatic heterocycles. The summed E-state index contributed by atoms with van der Waals surface area (Å²) in [7, 11) is -5.39. The van der Waals surface area contributed by atoms with E-state index in [0.717, 1.165) is 0 Å². The second-order valence-corrected chi connectivity index (χ2v) is 1.34. The molecule has 0 amide bonds. The van der Waals surface area contributed by atoms with Crippen LogP contribution in [-0.4, -0.2) is 0 Å². The summed E-state index contributed by atoms with van der Waals surface area (Å²) in [6, 6.07) is 0. The van der Waals surface area contributed by atoms with Gasteiger partial charge in [0.1, 0.15) is 0 Å². The Balaban J connectivity index is -0.0000000800. The molecule has 0 aliphatic rings. The zero-order valence-electron chi connectivity index (χ0n) is 3.66. The molecule has 0 spiro atoms. The van der Waals surface area contributed by atoms with Crippen molar-refractivity contribution < 1.29 is 62.0 Å². The minimum atomic E-state index is -5.39. The molecule has 6 heteroatoms. The third-order valence-corrected chi connectivity index (χ3v) is 0. The molecule has 6 heavy (non-hydrogen) atoms. The van der Waals surface area contributed by atoms with Crippen LogP contribution in [-0.2, 0) is 4.57 Å². The van der Waals surface area contributed by atoms with Gasteiger partial charge in [0.2, 0.25) is 0 Å². The third-order valence-electron chi connectivity index (χ3n) is 0. The minimum absolute atomic E-state index is 0. The van der Waals surface area contributed by atoms with E-state index in [1.54, 1.807) is 0 Å². The Labute approximate surface area is 69.2 Å². The van der Waals surface area contributed by atoms with Crippen molar-refractivity contribution in [2.45, 2.75) is 0 Å².